The zero-order chi connectivity index (χ0) is 30.5. The van der Waals surface area contributed by atoms with Crippen molar-refractivity contribution in [1.82, 2.24) is 4.90 Å². The molecule has 1 fully saturated rings. The molecule has 1 amide bonds. The van der Waals surface area contributed by atoms with E-state index in [1.165, 1.54) is 43.3 Å². The molecule has 3 aliphatic carbocycles. The number of unbranched alkanes of at least 4 members (excludes halogenated alkanes) is 1. The molecule has 1 aromatic rings. The van der Waals surface area contributed by atoms with Crippen molar-refractivity contribution < 1.29 is 49.4 Å². The lowest BCUT2D eigenvalue weighted by atomic mass is 9.54. The fourth-order valence-electron chi connectivity index (χ4n) is 6.40. The van der Waals surface area contributed by atoms with E-state index in [-0.39, 0.29) is 12.2 Å². The summed E-state index contributed by atoms with van der Waals surface area (Å²) in [5.74, 6) is -10.4. The Morgan fingerprint density at radius 1 is 1.17 bits per heavy atom. The van der Waals surface area contributed by atoms with Crippen molar-refractivity contribution in [3.8, 4) is 5.75 Å². The highest BCUT2D eigenvalue weighted by Crippen LogP contribution is 2.56. The summed E-state index contributed by atoms with van der Waals surface area (Å²) in [5.41, 5.74) is 1.38. The Morgan fingerprint density at radius 2 is 1.83 bits per heavy atom. The van der Waals surface area contributed by atoms with Crippen molar-refractivity contribution in [3.05, 3.63) is 51.8 Å². The molecule has 4 rings (SSSR count). The lowest BCUT2D eigenvalue weighted by Crippen LogP contribution is -2.70. The number of likely N-dealkylation sites (N-methyl/N-ethyl adjacent to an activating group) is 1. The maximum Gasteiger partial charge on any atom is 0.330 e. The fourth-order valence-corrected chi connectivity index (χ4v) is 6.40. The number of amides is 1. The summed E-state index contributed by atoms with van der Waals surface area (Å²) in [4.78, 5) is 52.9. The molecule has 220 valence electrons. The van der Waals surface area contributed by atoms with Crippen molar-refractivity contribution in [2.75, 3.05) is 20.7 Å². The van der Waals surface area contributed by atoms with Crippen LogP contribution in [0.3, 0.4) is 0 Å². The van der Waals surface area contributed by atoms with Crippen LogP contribution < -0.4 is 5.73 Å². The molecular formula is C29H34N2O10. The lowest BCUT2D eigenvalue weighted by molar-refractivity contribution is -0.169. The van der Waals surface area contributed by atoms with Gasteiger partial charge in [0.05, 0.1) is 30.2 Å². The van der Waals surface area contributed by atoms with Gasteiger partial charge in [-0.3, -0.25) is 19.3 Å². The summed E-state index contributed by atoms with van der Waals surface area (Å²) in [6.07, 6.45) is 2.42. The predicted octanol–water partition coefficient (Wildman–Crippen LogP) is 0.852. The van der Waals surface area contributed by atoms with E-state index in [1.807, 2.05) is 6.92 Å². The van der Waals surface area contributed by atoms with Gasteiger partial charge in [-0.05, 0) is 49.7 Å². The molecule has 12 heteroatoms. The van der Waals surface area contributed by atoms with Gasteiger partial charge in [0, 0.05) is 17.6 Å². The van der Waals surface area contributed by atoms with E-state index in [9.17, 15) is 44.7 Å². The second kappa shape index (κ2) is 10.8. The Bertz CT molecular complexity index is 1420. The van der Waals surface area contributed by atoms with Crippen molar-refractivity contribution in [1.29, 1.82) is 0 Å². The number of benzene rings is 1. The van der Waals surface area contributed by atoms with E-state index in [2.05, 4.69) is 0 Å². The number of nitrogens with two attached hydrogens (primary N) is 1. The molecule has 12 nitrogen and oxygen atoms in total. The Kier molecular flexibility index (Phi) is 7.87. The first-order valence-corrected chi connectivity index (χ1v) is 13.2. The van der Waals surface area contributed by atoms with Gasteiger partial charge in [-0.15, -0.1) is 0 Å². The highest BCUT2D eigenvalue weighted by Gasteiger charge is 2.68. The largest absolute Gasteiger partial charge is 0.508 e. The first-order valence-electron chi connectivity index (χ1n) is 13.2. The van der Waals surface area contributed by atoms with Crippen LogP contribution in [0.1, 0.15) is 49.3 Å². The lowest BCUT2D eigenvalue weighted by Gasteiger charge is -2.53. The van der Waals surface area contributed by atoms with Crippen molar-refractivity contribution in [2.45, 2.75) is 50.4 Å². The maximum absolute atomic E-state index is 14.0. The molecule has 6 atom stereocenters. The van der Waals surface area contributed by atoms with Crippen molar-refractivity contribution in [3.63, 3.8) is 0 Å². The van der Waals surface area contributed by atoms with E-state index in [0.29, 0.717) is 17.5 Å². The second-order valence-corrected chi connectivity index (χ2v) is 10.9. The predicted molar refractivity (Wildman–Crippen MR) is 145 cm³/mol. The number of aliphatic hydroxyl groups excluding tert-OH is 3. The molecule has 6 unspecified atom stereocenters. The number of carbonyl (C=O) groups is 4. The van der Waals surface area contributed by atoms with Crippen LogP contribution in [0.25, 0.3) is 11.8 Å². The summed E-state index contributed by atoms with van der Waals surface area (Å²) in [5, 5.41) is 56.5. The number of Topliss-reactive ketones (excluding diaryl/α,β-unsaturated/α-hetero) is 2. The number of hydrogen-bond donors (Lipinski definition) is 6. The van der Waals surface area contributed by atoms with E-state index in [4.69, 9.17) is 10.5 Å². The summed E-state index contributed by atoms with van der Waals surface area (Å²) in [7, 11) is 2.87. The third-order valence-electron chi connectivity index (χ3n) is 8.28. The highest BCUT2D eigenvalue weighted by atomic mass is 16.5. The number of fused-ring (bicyclic) bond motifs is 3. The van der Waals surface area contributed by atoms with E-state index >= 15 is 0 Å². The molecular weight excluding hydrogens is 536 g/mol. The van der Waals surface area contributed by atoms with Gasteiger partial charge in [-0.2, -0.15) is 0 Å². The van der Waals surface area contributed by atoms with E-state index in [0.717, 1.165) is 6.42 Å². The number of esters is 1. The number of phenolic OH excluding ortho intramolecular Hbond substituents is 1. The van der Waals surface area contributed by atoms with Crippen LogP contribution in [0.15, 0.2) is 35.1 Å². The number of carbonyl (C=O) groups excluding carboxylic acids is 4. The number of nitrogens with zero attached hydrogens (tertiary/aromatic N) is 1. The van der Waals surface area contributed by atoms with Gasteiger partial charge in [-0.1, -0.05) is 26.3 Å². The number of rotatable bonds is 7. The number of ketones is 2. The smallest absolute Gasteiger partial charge is 0.330 e. The number of phenols is 1. The zero-order valence-corrected chi connectivity index (χ0v) is 23.1. The summed E-state index contributed by atoms with van der Waals surface area (Å²) in [6, 6.07) is 1.29. The molecule has 3 aliphatic rings. The minimum atomic E-state index is -2.99. The van der Waals surface area contributed by atoms with Crippen LogP contribution in [-0.2, 0) is 23.9 Å². The SMILES string of the molecule is CCCCOC(=O)/C=C/c1ccc(O)c2c1C(C)C1C(=C2O)C(=O)C2(O)C(O)=C(C(N)=O)C(=O)C(N(C)C)C2C1O. The van der Waals surface area contributed by atoms with Crippen LogP contribution in [0.2, 0.25) is 0 Å². The normalized spacial score (nSPS) is 29.5. The molecule has 0 spiro atoms. The Morgan fingerprint density at radius 3 is 2.41 bits per heavy atom. The number of aliphatic hydroxyl groups is 4. The average Bonchev–Trinajstić information content (AvgIpc) is 2.89. The van der Waals surface area contributed by atoms with Gasteiger partial charge >= 0.3 is 5.97 Å². The zero-order valence-electron chi connectivity index (χ0n) is 23.1. The average molecular weight is 571 g/mol. The minimum absolute atomic E-state index is 0.164. The molecule has 1 saturated carbocycles. The monoisotopic (exact) mass is 570 g/mol. The topological polar surface area (TPSA) is 208 Å². The van der Waals surface area contributed by atoms with Crippen LogP contribution >= 0.6 is 0 Å². The van der Waals surface area contributed by atoms with E-state index in [1.54, 1.807) is 6.92 Å². The van der Waals surface area contributed by atoms with Gasteiger partial charge in [-0.25, -0.2) is 4.79 Å². The molecule has 0 bridgehead atoms. The highest BCUT2D eigenvalue weighted by molar-refractivity contribution is 6.24. The van der Waals surface area contributed by atoms with Gasteiger partial charge in [0.2, 0.25) is 5.78 Å². The summed E-state index contributed by atoms with van der Waals surface area (Å²) in [6.45, 7) is 3.81. The third kappa shape index (κ3) is 4.42. The summed E-state index contributed by atoms with van der Waals surface area (Å²) >= 11 is 0. The van der Waals surface area contributed by atoms with Crippen molar-refractivity contribution in [2.24, 2.45) is 17.6 Å². The molecule has 0 saturated heterocycles. The number of primary amides is 1. The summed E-state index contributed by atoms with van der Waals surface area (Å²) < 4.78 is 5.14. The number of ether oxygens (including phenoxy) is 1. The van der Waals surface area contributed by atoms with Gasteiger partial charge < -0.3 is 36.0 Å². The van der Waals surface area contributed by atoms with Crippen LogP contribution in [0, 0.1) is 11.8 Å². The first-order chi connectivity index (χ1) is 19.2. The number of hydrogen-bond acceptors (Lipinski definition) is 11. The van der Waals surface area contributed by atoms with Crippen LogP contribution in [0.5, 0.6) is 5.75 Å². The van der Waals surface area contributed by atoms with Gasteiger partial charge in [0.15, 0.2) is 11.4 Å². The molecule has 0 radical (unpaired) electrons. The van der Waals surface area contributed by atoms with Crippen LogP contribution in [-0.4, -0.2) is 92.3 Å². The number of aromatic hydroxyl groups is 1. The second-order valence-electron chi connectivity index (χ2n) is 10.9. The molecule has 1 aromatic carbocycles. The molecule has 41 heavy (non-hydrogen) atoms. The van der Waals surface area contributed by atoms with E-state index < -0.39 is 87.4 Å². The molecule has 0 heterocycles. The van der Waals surface area contributed by atoms with Gasteiger partial charge in [0.1, 0.15) is 22.8 Å². The Hall–Kier alpha value is -4.00. The van der Waals surface area contributed by atoms with Gasteiger partial charge in [0.25, 0.3) is 5.91 Å². The Labute approximate surface area is 236 Å². The standard InChI is InChI=1S/C29H34N2O10/c1-5-6-11-41-15(33)10-8-13-7-9-14(32)18-16(13)12(2)17-19(23(18)34)26(37)29(40)21(24(17)35)22(31(3)4)25(36)20(27(29)38)28(30)39/h7-10,12,17,21-22,24,32,34-35,38,40H,5-6,11H2,1-4H3,(H2,30,39)/b10-8+. The van der Waals surface area contributed by atoms with Crippen LogP contribution in [0.4, 0.5) is 0 Å². The minimum Gasteiger partial charge on any atom is -0.508 e. The molecule has 0 aliphatic heterocycles. The Balaban J connectivity index is 1.93. The molecule has 7 N–H and O–H groups in total. The quantitative estimate of drug-likeness (QED) is 0.117. The first kappa shape index (κ1) is 30.0. The van der Waals surface area contributed by atoms with Crippen molar-refractivity contribution >= 4 is 35.3 Å². The fraction of sp³-hybridized carbons (Fsp3) is 0.448. The maximum atomic E-state index is 14.0. The third-order valence-corrected chi connectivity index (χ3v) is 8.28. The molecule has 0 aromatic heterocycles.